The van der Waals surface area contributed by atoms with Crippen LogP contribution < -0.4 is 24.8 Å². The van der Waals surface area contributed by atoms with Crippen LogP contribution in [0.5, 0.6) is 0 Å². The van der Waals surface area contributed by atoms with Gasteiger partial charge in [-0.3, -0.25) is 6.08 Å². The SMILES string of the molecule is CC(C)(C)c1ccc2c(c1)[cH-]c1cc(C(C)(C)C)ccc12.Clc1cc([C](=[Zr+2])c2cc(Cl)cc3ccccc23)c2ccccc2c1.[C-]1=CC=CC1.[Cl-].[Cl-]. The molecule has 1 aliphatic rings. The topological polar surface area (TPSA) is 0 Å². The van der Waals surface area contributed by atoms with E-state index in [-0.39, 0.29) is 35.6 Å². The van der Waals surface area contributed by atoms with Gasteiger partial charge in [-0.2, -0.15) is 6.08 Å². The van der Waals surface area contributed by atoms with Crippen molar-refractivity contribution in [3.63, 3.8) is 0 Å². The van der Waals surface area contributed by atoms with Crippen LogP contribution in [0.1, 0.15) is 70.2 Å². The Morgan fingerprint density at radius 3 is 1.40 bits per heavy atom. The Bertz CT molecular complexity index is 2250. The summed E-state index contributed by atoms with van der Waals surface area (Å²) in [6, 6.07) is 41.0. The minimum Gasteiger partial charge on any atom is -1.00 e. The van der Waals surface area contributed by atoms with Gasteiger partial charge in [-0.1, -0.05) is 76.9 Å². The van der Waals surface area contributed by atoms with Gasteiger partial charge in [-0.05, 0) is 10.8 Å². The van der Waals surface area contributed by atoms with Gasteiger partial charge in [0.15, 0.2) is 0 Å². The molecular formula is C47H42Cl4Zr-2. The number of rotatable bonds is 2. The molecule has 0 saturated carbocycles. The van der Waals surface area contributed by atoms with E-state index in [2.05, 4.69) is 145 Å². The van der Waals surface area contributed by atoms with Crippen LogP contribution in [0.25, 0.3) is 43.1 Å². The average Bonchev–Trinajstić information content (AvgIpc) is 3.78. The summed E-state index contributed by atoms with van der Waals surface area (Å²) in [6.07, 6.45) is 10.0. The number of allylic oxidation sites excluding steroid dienone is 4. The number of benzene rings is 6. The Balaban J connectivity index is 0.000000199. The molecule has 7 aromatic rings. The third-order valence-electron chi connectivity index (χ3n) is 9.21. The van der Waals surface area contributed by atoms with Crippen LogP contribution in [-0.4, -0.2) is 3.21 Å². The summed E-state index contributed by atoms with van der Waals surface area (Å²) in [6.45, 7) is 13.6. The second-order valence-corrected chi connectivity index (χ2v) is 17.1. The predicted octanol–water partition coefficient (Wildman–Crippen LogP) is 8.04. The molecule has 0 fully saturated rings. The van der Waals surface area contributed by atoms with Crippen molar-refractivity contribution in [2.24, 2.45) is 0 Å². The Kier molecular flexibility index (Phi) is 14.1. The minimum atomic E-state index is 0. The zero-order chi connectivity index (χ0) is 35.6. The van der Waals surface area contributed by atoms with Crippen LogP contribution >= 0.6 is 23.2 Å². The largest absolute Gasteiger partial charge is 1.00 e. The summed E-state index contributed by atoms with van der Waals surface area (Å²) in [7, 11) is 0. The molecule has 0 N–H and O–H groups in total. The van der Waals surface area contributed by atoms with Gasteiger partial charge in [-0.15, -0.1) is 46.2 Å². The third kappa shape index (κ3) is 9.60. The van der Waals surface area contributed by atoms with E-state index < -0.39 is 0 Å². The summed E-state index contributed by atoms with van der Waals surface area (Å²) in [5, 5.41) is 11.8. The van der Waals surface area contributed by atoms with Gasteiger partial charge in [-0.25, -0.2) is 12.2 Å². The van der Waals surface area contributed by atoms with E-state index in [4.69, 9.17) is 23.2 Å². The summed E-state index contributed by atoms with van der Waals surface area (Å²) in [5.74, 6) is 0. The van der Waals surface area contributed by atoms with Crippen molar-refractivity contribution in [3.05, 3.63) is 172 Å². The third-order valence-corrected chi connectivity index (χ3v) is 11.0. The Labute approximate surface area is 346 Å². The number of hydrogen-bond donors (Lipinski definition) is 0. The van der Waals surface area contributed by atoms with Gasteiger partial charge in [0.25, 0.3) is 0 Å². The molecule has 0 saturated heterocycles. The van der Waals surface area contributed by atoms with Crippen molar-refractivity contribution >= 4 is 69.5 Å². The number of halogens is 4. The smallest absolute Gasteiger partial charge is 0.109 e. The van der Waals surface area contributed by atoms with Gasteiger partial charge in [0.2, 0.25) is 0 Å². The van der Waals surface area contributed by atoms with E-state index >= 15 is 0 Å². The molecular weight excluding hydrogens is 798 g/mol. The van der Waals surface area contributed by atoms with Gasteiger partial charge in [0.1, 0.15) is 0 Å². The summed E-state index contributed by atoms with van der Waals surface area (Å²) in [4.78, 5) is 0. The first-order valence-corrected chi connectivity index (χ1v) is 19.1. The van der Waals surface area contributed by atoms with E-state index in [0.717, 1.165) is 27.2 Å². The summed E-state index contributed by atoms with van der Waals surface area (Å²) < 4.78 is 1.26. The fraction of sp³-hybridized carbons (Fsp3) is 0.191. The molecule has 264 valence electrons. The van der Waals surface area contributed by atoms with Crippen LogP contribution in [0.4, 0.5) is 0 Å². The van der Waals surface area contributed by atoms with Crippen LogP contribution in [0.2, 0.25) is 10.0 Å². The zero-order valence-electron chi connectivity index (χ0n) is 30.4. The fourth-order valence-corrected chi connectivity index (χ4v) is 7.87. The molecule has 7 aromatic carbocycles. The molecule has 0 aromatic heterocycles. The maximum absolute atomic E-state index is 6.38. The molecule has 0 amide bonds. The summed E-state index contributed by atoms with van der Waals surface area (Å²) >= 11 is 14.1. The van der Waals surface area contributed by atoms with Gasteiger partial charge in [0, 0.05) is 0 Å². The van der Waals surface area contributed by atoms with Gasteiger partial charge < -0.3 is 24.8 Å². The Morgan fingerprint density at radius 1 is 0.596 bits per heavy atom. The standard InChI is InChI=1S/C21H12Cl2.C21H25.C5H5.2ClH.Zr/c22-18-10-14-5-1-3-7-20(14)16(12-18)9-17-13-19(23)11-15-6-2-4-8-21(15)17;1-20(2,3)16-7-9-18-14(12-16)11-15-13-17(21(4,5)6)8-10-19(15)18;1-2-4-5-3-1;;;/h1-8,10-13H;7-13H,1-6H3;1-3H,4H2;2*1H;/q;2*-1;;;+2/p-2. The van der Waals surface area contributed by atoms with Crippen molar-refractivity contribution in [2.75, 3.05) is 0 Å². The van der Waals surface area contributed by atoms with Crippen molar-refractivity contribution in [2.45, 2.75) is 58.8 Å². The summed E-state index contributed by atoms with van der Waals surface area (Å²) in [5.41, 5.74) is 5.58. The van der Waals surface area contributed by atoms with E-state index in [0.29, 0.717) is 0 Å². The second-order valence-electron chi connectivity index (χ2n) is 15.0. The molecule has 0 spiro atoms. The van der Waals surface area contributed by atoms with Gasteiger partial charge in [0.05, 0.1) is 0 Å². The molecule has 0 aliphatic heterocycles. The molecule has 5 heteroatoms. The predicted molar refractivity (Wildman–Crippen MR) is 217 cm³/mol. The van der Waals surface area contributed by atoms with Crippen LogP contribution in [0, 0.1) is 6.08 Å². The monoisotopic (exact) mass is 836 g/mol. The fourth-order valence-electron chi connectivity index (χ4n) is 6.40. The molecule has 0 nitrogen and oxygen atoms in total. The number of fused-ring (bicyclic) bond motifs is 5. The van der Waals surface area contributed by atoms with Crippen molar-refractivity contribution in [1.29, 1.82) is 0 Å². The maximum atomic E-state index is 6.38. The first kappa shape index (κ1) is 41.9. The number of hydrogen-bond acceptors (Lipinski definition) is 0. The van der Waals surface area contributed by atoms with Crippen molar-refractivity contribution in [3.8, 4) is 0 Å². The molecule has 8 rings (SSSR count). The normalized spacial score (nSPS) is 12.2. The Hall–Kier alpha value is -2.90. The first-order valence-electron chi connectivity index (χ1n) is 17.1. The van der Waals surface area contributed by atoms with Crippen molar-refractivity contribution in [1.82, 2.24) is 0 Å². The van der Waals surface area contributed by atoms with Crippen LogP contribution in [-0.2, 0) is 35.1 Å². The molecule has 0 unspecified atom stereocenters. The maximum Gasteiger partial charge on any atom is -0.109 e. The second kappa shape index (κ2) is 17.5. The molecule has 0 bridgehead atoms. The van der Waals surface area contributed by atoms with E-state index in [9.17, 15) is 0 Å². The first-order chi connectivity index (χ1) is 23.8. The van der Waals surface area contributed by atoms with Crippen LogP contribution in [0.3, 0.4) is 0 Å². The molecule has 0 radical (unpaired) electrons. The van der Waals surface area contributed by atoms with Crippen molar-refractivity contribution < 1.29 is 49.0 Å². The molecule has 0 heterocycles. The van der Waals surface area contributed by atoms with E-state index in [1.54, 1.807) is 0 Å². The van der Waals surface area contributed by atoms with E-state index in [1.807, 2.05) is 36.4 Å². The average molecular weight is 840 g/mol. The zero-order valence-corrected chi connectivity index (χ0v) is 35.9. The van der Waals surface area contributed by atoms with Crippen LogP contribution in [0.15, 0.2) is 133 Å². The molecule has 0 atom stereocenters. The Morgan fingerprint density at radius 2 is 1.04 bits per heavy atom. The van der Waals surface area contributed by atoms with Gasteiger partial charge >= 0.3 is 166 Å². The molecule has 1 aliphatic carbocycles. The molecule has 52 heavy (non-hydrogen) atoms. The minimum absolute atomic E-state index is 0. The van der Waals surface area contributed by atoms with E-state index in [1.165, 1.54) is 82.0 Å². The quantitative estimate of drug-likeness (QED) is 0.155.